The summed E-state index contributed by atoms with van der Waals surface area (Å²) in [6, 6.07) is 10.6. The summed E-state index contributed by atoms with van der Waals surface area (Å²) in [6.07, 6.45) is 6.34. The Morgan fingerprint density at radius 3 is 2.57 bits per heavy atom. The zero-order valence-electron chi connectivity index (χ0n) is 12.8. The van der Waals surface area contributed by atoms with E-state index >= 15 is 0 Å². The van der Waals surface area contributed by atoms with Crippen molar-refractivity contribution in [3.8, 4) is 0 Å². The second kappa shape index (κ2) is 6.57. The number of hydrogen-bond acceptors (Lipinski definition) is 2. The van der Waals surface area contributed by atoms with Crippen LogP contribution >= 0.6 is 0 Å². The highest BCUT2D eigenvalue weighted by Crippen LogP contribution is 2.36. The molecule has 0 N–H and O–H groups in total. The van der Waals surface area contributed by atoms with Gasteiger partial charge < -0.3 is 4.74 Å². The van der Waals surface area contributed by atoms with Crippen LogP contribution in [0.25, 0.3) is 0 Å². The Bertz CT molecular complexity index is 512. The third-order valence-electron chi connectivity index (χ3n) is 4.94. The maximum absolute atomic E-state index is 12.5. The van der Waals surface area contributed by atoms with Crippen LogP contribution in [-0.2, 0) is 16.0 Å². The first kappa shape index (κ1) is 14.5. The molecule has 1 aliphatic heterocycles. The van der Waals surface area contributed by atoms with Gasteiger partial charge in [0.15, 0.2) is 5.78 Å². The van der Waals surface area contributed by atoms with E-state index in [-0.39, 0.29) is 5.92 Å². The van der Waals surface area contributed by atoms with Crippen molar-refractivity contribution in [1.29, 1.82) is 0 Å². The van der Waals surface area contributed by atoms with E-state index in [0.717, 1.165) is 44.5 Å². The van der Waals surface area contributed by atoms with E-state index in [1.54, 1.807) is 0 Å². The summed E-state index contributed by atoms with van der Waals surface area (Å²) in [5.41, 5.74) is 2.34. The van der Waals surface area contributed by atoms with Crippen LogP contribution in [0.2, 0.25) is 0 Å². The van der Waals surface area contributed by atoms with Crippen molar-refractivity contribution in [2.24, 2.45) is 17.8 Å². The lowest BCUT2D eigenvalue weighted by Gasteiger charge is -2.34. The van der Waals surface area contributed by atoms with Gasteiger partial charge in [-0.1, -0.05) is 36.4 Å². The molecular formula is C19H24O2. The van der Waals surface area contributed by atoms with E-state index < -0.39 is 0 Å². The van der Waals surface area contributed by atoms with E-state index in [9.17, 15) is 4.79 Å². The summed E-state index contributed by atoms with van der Waals surface area (Å²) < 4.78 is 5.45. The number of hydrogen-bond donors (Lipinski definition) is 0. The smallest absolute Gasteiger partial charge is 0.161 e. The Hall–Kier alpha value is -1.41. The summed E-state index contributed by atoms with van der Waals surface area (Å²) in [7, 11) is 0. The molecule has 0 amide bonds. The fourth-order valence-corrected chi connectivity index (χ4v) is 3.81. The minimum absolute atomic E-state index is 0.215. The first-order valence-corrected chi connectivity index (χ1v) is 8.08. The standard InChI is InChI=1S/C19H24O2/c1-14-11-16(12-15-5-3-2-4-6-15)13-18(19(14)20)17-7-9-21-10-8-17/h2-6,11,16-18H,7-10,12-13H2,1H3/t16-,18?/m0/s1. The van der Waals surface area contributed by atoms with Crippen LogP contribution < -0.4 is 0 Å². The number of rotatable bonds is 3. The third kappa shape index (κ3) is 3.44. The quantitative estimate of drug-likeness (QED) is 0.843. The first-order valence-electron chi connectivity index (χ1n) is 8.08. The van der Waals surface area contributed by atoms with Gasteiger partial charge in [0.25, 0.3) is 0 Å². The molecule has 21 heavy (non-hydrogen) atoms. The minimum Gasteiger partial charge on any atom is -0.381 e. The molecule has 1 heterocycles. The van der Waals surface area contributed by atoms with Crippen LogP contribution in [0.15, 0.2) is 42.0 Å². The second-order valence-electron chi connectivity index (χ2n) is 6.46. The van der Waals surface area contributed by atoms with Crippen molar-refractivity contribution in [3.05, 3.63) is 47.5 Å². The van der Waals surface area contributed by atoms with Gasteiger partial charge in [0.05, 0.1) is 0 Å². The molecule has 2 nitrogen and oxygen atoms in total. The van der Waals surface area contributed by atoms with E-state index in [0.29, 0.717) is 17.6 Å². The van der Waals surface area contributed by atoms with Crippen LogP contribution in [-0.4, -0.2) is 19.0 Å². The molecule has 2 aliphatic rings. The molecule has 1 unspecified atom stereocenters. The van der Waals surface area contributed by atoms with Gasteiger partial charge in [-0.15, -0.1) is 0 Å². The number of carbonyl (C=O) groups is 1. The molecule has 1 saturated heterocycles. The van der Waals surface area contributed by atoms with Crippen molar-refractivity contribution in [3.63, 3.8) is 0 Å². The van der Waals surface area contributed by atoms with Gasteiger partial charge in [0.1, 0.15) is 0 Å². The van der Waals surface area contributed by atoms with E-state index in [1.807, 2.05) is 6.92 Å². The topological polar surface area (TPSA) is 26.3 Å². The number of ether oxygens (including phenoxy) is 1. The van der Waals surface area contributed by atoms with Crippen LogP contribution in [0.4, 0.5) is 0 Å². The molecule has 0 bridgehead atoms. The number of ketones is 1. The average Bonchev–Trinajstić information content (AvgIpc) is 2.52. The molecule has 0 spiro atoms. The molecule has 1 fully saturated rings. The molecule has 3 rings (SSSR count). The van der Waals surface area contributed by atoms with Crippen LogP contribution in [0.3, 0.4) is 0 Å². The van der Waals surface area contributed by atoms with Gasteiger partial charge in [-0.2, -0.15) is 0 Å². The fraction of sp³-hybridized carbons (Fsp3) is 0.526. The number of benzene rings is 1. The van der Waals surface area contributed by atoms with Gasteiger partial charge in [-0.05, 0) is 55.6 Å². The highest BCUT2D eigenvalue weighted by Gasteiger charge is 2.34. The molecule has 2 heteroatoms. The largest absolute Gasteiger partial charge is 0.381 e. The Morgan fingerprint density at radius 2 is 1.86 bits per heavy atom. The Balaban J connectivity index is 1.72. The molecule has 1 aromatic rings. The lowest BCUT2D eigenvalue weighted by molar-refractivity contribution is -0.123. The molecule has 0 aromatic heterocycles. The summed E-state index contributed by atoms with van der Waals surface area (Å²) in [6.45, 7) is 3.63. The van der Waals surface area contributed by atoms with Crippen LogP contribution in [0.5, 0.6) is 0 Å². The highest BCUT2D eigenvalue weighted by molar-refractivity contribution is 5.97. The Kier molecular flexibility index (Phi) is 4.54. The summed E-state index contributed by atoms with van der Waals surface area (Å²) >= 11 is 0. The van der Waals surface area contributed by atoms with E-state index in [4.69, 9.17) is 4.74 Å². The molecule has 1 aliphatic carbocycles. The first-order chi connectivity index (χ1) is 10.2. The number of Topliss-reactive ketones (excluding diaryl/α,β-unsaturated/α-hetero) is 1. The SMILES string of the molecule is CC1=C[C@@H](Cc2ccccc2)CC(C2CCOCC2)C1=O. The molecule has 1 aromatic carbocycles. The highest BCUT2D eigenvalue weighted by atomic mass is 16.5. The molecular weight excluding hydrogens is 260 g/mol. The minimum atomic E-state index is 0.215. The van der Waals surface area contributed by atoms with Crippen LogP contribution in [0, 0.1) is 17.8 Å². The van der Waals surface area contributed by atoms with E-state index in [1.165, 1.54) is 5.56 Å². The van der Waals surface area contributed by atoms with Gasteiger partial charge in [0, 0.05) is 19.1 Å². The summed E-state index contributed by atoms with van der Waals surface area (Å²) in [4.78, 5) is 12.5. The Labute approximate surface area is 127 Å². The van der Waals surface area contributed by atoms with Gasteiger partial charge in [-0.25, -0.2) is 0 Å². The van der Waals surface area contributed by atoms with Gasteiger partial charge >= 0.3 is 0 Å². The maximum atomic E-state index is 12.5. The zero-order valence-corrected chi connectivity index (χ0v) is 12.8. The Morgan fingerprint density at radius 1 is 1.14 bits per heavy atom. The van der Waals surface area contributed by atoms with Crippen molar-refractivity contribution < 1.29 is 9.53 Å². The van der Waals surface area contributed by atoms with Crippen molar-refractivity contribution in [2.45, 2.75) is 32.6 Å². The van der Waals surface area contributed by atoms with Crippen LogP contribution in [0.1, 0.15) is 31.7 Å². The lowest BCUT2D eigenvalue weighted by Crippen LogP contribution is -2.34. The normalized spacial score (nSPS) is 27.5. The van der Waals surface area contributed by atoms with Crippen molar-refractivity contribution in [2.75, 3.05) is 13.2 Å². The average molecular weight is 284 g/mol. The van der Waals surface area contributed by atoms with E-state index in [2.05, 4.69) is 36.4 Å². The molecule has 0 radical (unpaired) electrons. The summed E-state index contributed by atoms with van der Waals surface area (Å²) in [5.74, 6) is 1.62. The monoisotopic (exact) mass is 284 g/mol. The van der Waals surface area contributed by atoms with Crippen molar-refractivity contribution >= 4 is 5.78 Å². The summed E-state index contributed by atoms with van der Waals surface area (Å²) in [5, 5.41) is 0. The fourth-order valence-electron chi connectivity index (χ4n) is 3.81. The van der Waals surface area contributed by atoms with Gasteiger partial charge in [-0.3, -0.25) is 4.79 Å². The predicted molar refractivity (Wildman–Crippen MR) is 84.1 cm³/mol. The third-order valence-corrected chi connectivity index (χ3v) is 4.94. The number of allylic oxidation sites excluding steroid dienone is 2. The molecule has 0 saturated carbocycles. The van der Waals surface area contributed by atoms with Gasteiger partial charge in [0.2, 0.25) is 0 Å². The predicted octanol–water partition coefficient (Wildman–Crippen LogP) is 3.81. The molecule has 112 valence electrons. The number of carbonyl (C=O) groups excluding carboxylic acids is 1. The maximum Gasteiger partial charge on any atom is 0.161 e. The zero-order chi connectivity index (χ0) is 14.7. The second-order valence-corrected chi connectivity index (χ2v) is 6.46. The molecule has 2 atom stereocenters. The van der Waals surface area contributed by atoms with Crippen molar-refractivity contribution in [1.82, 2.24) is 0 Å². The lowest BCUT2D eigenvalue weighted by atomic mass is 9.71.